The van der Waals surface area contributed by atoms with E-state index in [0.29, 0.717) is 0 Å². The first-order chi connectivity index (χ1) is 10.6. The molecule has 0 unspecified atom stereocenters. The molecule has 4 saturated carbocycles. The van der Waals surface area contributed by atoms with Gasteiger partial charge in [0, 0.05) is 0 Å². The van der Waals surface area contributed by atoms with Gasteiger partial charge in [-0.1, -0.05) is 46.5 Å². The average Bonchev–Trinajstić information content (AvgIpc) is 2.83. The van der Waals surface area contributed by atoms with Crippen molar-refractivity contribution in [2.75, 3.05) is 0 Å². The van der Waals surface area contributed by atoms with E-state index in [1.165, 1.54) is 25.7 Å². The van der Waals surface area contributed by atoms with E-state index in [0.717, 1.165) is 40.4 Å². The van der Waals surface area contributed by atoms with Crippen molar-refractivity contribution in [1.29, 1.82) is 0 Å². The lowest BCUT2D eigenvalue weighted by Crippen LogP contribution is -2.51. The molecule has 0 aliphatic heterocycles. The minimum atomic E-state index is 0.721. The first-order valence-electron chi connectivity index (χ1n) is 10.6. The summed E-state index contributed by atoms with van der Waals surface area (Å²) in [6.45, 7) is 7.79. The van der Waals surface area contributed by atoms with Crippen LogP contribution in [0.2, 0.25) is 0 Å². The zero-order valence-corrected chi connectivity index (χ0v) is 15.4. The first kappa shape index (κ1) is 15.5. The van der Waals surface area contributed by atoms with Crippen LogP contribution in [0.4, 0.5) is 0 Å². The maximum absolute atomic E-state index is 2.72. The molecule has 126 valence electrons. The Balaban J connectivity index is 1.58. The molecule has 4 fully saturated rings. The Morgan fingerprint density at radius 2 is 1.77 bits per heavy atom. The number of fused-ring (bicyclic) bond motifs is 5. The third kappa shape index (κ3) is 2.22. The van der Waals surface area contributed by atoms with Crippen LogP contribution in [0.5, 0.6) is 0 Å². The fraction of sp³-hybridized carbons (Fsp3) is 1.00. The molecule has 0 aromatic carbocycles. The van der Waals surface area contributed by atoms with Crippen molar-refractivity contribution in [2.24, 2.45) is 40.4 Å². The van der Waals surface area contributed by atoms with Crippen molar-refractivity contribution in [3.05, 3.63) is 0 Å². The minimum absolute atomic E-state index is 0.721. The molecule has 0 saturated heterocycles. The van der Waals surface area contributed by atoms with Gasteiger partial charge in [-0.25, -0.2) is 0 Å². The van der Waals surface area contributed by atoms with Gasteiger partial charge in [0.1, 0.15) is 0 Å². The van der Waals surface area contributed by atoms with Gasteiger partial charge in [-0.3, -0.25) is 0 Å². The van der Waals surface area contributed by atoms with E-state index in [2.05, 4.69) is 20.8 Å². The van der Waals surface area contributed by atoms with Crippen molar-refractivity contribution < 1.29 is 0 Å². The molecule has 0 bridgehead atoms. The molecule has 0 aromatic heterocycles. The van der Waals surface area contributed by atoms with E-state index in [-0.39, 0.29) is 0 Å². The summed E-state index contributed by atoms with van der Waals surface area (Å²) in [5.74, 6) is 5.42. The minimum Gasteiger partial charge on any atom is -0.0654 e. The molecule has 0 spiro atoms. The van der Waals surface area contributed by atoms with E-state index in [1.54, 1.807) is 51.4 Å². The highest BCUT2D eigenvalue weighted by molar-refractivity contribution is 5.07. The van der Waals surface area contributed by atoms with Gasteiger partial charge in [0.15, 0.2) is 0 Å². The van der Waals surface area contributed by atoms with Gasteiger partial charge in [-0.15, -0.1) is 0 Å². The fourth-order valence-corrected chi connectivity index (χ4v) is 8.13. The van der Waals surface area contributed by atoms with E-state index < -0.39 is 0 Å². The highest BCUT2D eigenvalue weighted by Gasteiger charge is 2.58. The van der Waals surface area contributed by atoms with Crippen molar-refractivity contribution in [3.63, 3.8) is 0 Å². The SMILES string of the molecule is CCC[C@H]1C[C@H]2[C@@H]3CC[C@H]4CCCC[C@]4(C)[C@H]3CC[C@]2(C)C1. The van der Waals surface area contributed by atoms with Crippen LogP contribution >= 0.6 is 0 Å². The summed E-state index contributed by atoms with van der Waals surface area (Å²) in [5, 5.41) is 0. The quantitative estimate of drug-likeness (QED) is 0.524. The summed E-state index contributed by atoms with van der Waals surface area (Å²) in [6.07, 6.45) is 18.5. The second kappa shape index (κ2) is 5.52. The molecular weight excluding hydrogens is 264 g/mol. The number of rotatable bonds is 2. The van der Waals surface area contributed by atoms with Crippen LogP contribution in [0, 0.1) is 40.4 Å². The summed E-state index contributed by atoms with van der Waals surface area (Å²) in [5.41, 5.74) is 1.45. The lowest BCUT2D eigenvalue weighted by molar-refractivity contribution is -0.103. The zero-order chi connectivity index (χ0) is 15.4. The molecule has 0 amide bonds. The highest BCUT2D eigenvalue weighted by atomic mass is 14.6. The Hall–Kier alpha value is 0. The van der Waals surface area contributed by atoms with Gasteiger partial charge in [0.2, 0.25) is 0 Å². The Labute approximate surface area is 138 Å². The van der Waals surface area contributed by atoms with Crippen LogP contribution in [-0.2, 0) is 0 Å². The standard InChI is InChI=1S/C22H38/c1-4-7-16-14-20-18-10-9-17-8-5-6-12-22(17,3)19(18)11-13-21(20,2)15-16/h16-20H,4-15H2,1-3H3/t16-,17+,18+,19-,20-,21+,22-/m0/s1. The molecule has 0 N–H and O–H groups in total. The Kier molecular flexibility index (Phi) is 3.90. The Morgan fingerprint density at radius 3 is 2.59 bits per heavy atom. The summed E-state index contributed by atoms with van der Waals surface area (Å²) in [6, 6.07) is 0. The third-order valence-electron chi connectivity index (χ3n) is 9.14. The second-order valence-corrected chi connectivity index (χ2v) is 10.2. The molecule has 4 aliphatic carbocycles. The molecule has 0 heterocycles. The number of hydrogen-bond donors (Lipinski definition) is 0. The lowest BCUT2D eigenvalue weighted by Gasteiger charge is -2.60. The van der Waals surface area contributed by atoms with Gasteiger partial charge in [0.25, 0.3) is 0 Å². The highest BCUT2D eigenvalue weighted by Crippen LogP contribution is 2.67. The van der Waals surface area contributed by atoms with Gasteiger partial charge < -0.3 is 0 Å². The van der Waals surface area contributed by atoms with E-state index in [9.17, 15) is 0 Å². The first-order valence-corrected chi connectivity index (χ1v) is 10.6. The third-order valence-corrected chi connectivity index (χ3v) is 9.14. The summed E-state index contributed by atoms with van der Waals surface area (Å²) in [7, 11) is 0. The van der Waals surface area contributed by atoms with Gasteiger partial charge >= 0.3 is 0 Å². The van der Waals surface area contributed by atoms with Gasteiger partial charge in [0.05, 0.1) is 0 Å². The predicted octanol–water partition coefficient (Wildman–Crippen LogP) is 6.84. The maximum atomic E-state index is 2.72. The summed E-state index contributed by atoms with van der Waals surface area (Å²) >= 11 is 0. The van der Waals surface area contributed by atoms with Crippen molar-refractivity contribution in [3.8, 4) is 0 Å². The largest absolute Gasteiger partial charge is 0.0654 e. The van der Waals surface area contributed by atoms with Crippen molar-refractivity contribution in [1.82, 2.24) is 0 Å². The average molecular weight is 303 g/mol. The van der Waals surface area contributed by atoms with Crippen LogP contribution in [-0.4, -0.2) is 0 Å². The molecule has 0 aromatic rings. The fourth-order valence-electron chi connectivity index (χ4n) is 8.13. The van der Waals surface area contributed by atoms with Crippen molar-refractivity contribution in [2.45, 2.75) is 97.8 Å². The van der Waals surface area contributed by atoms with Gasteiger partial charge in [-0.05, 0) is 91.8 Å². The van der Waals surface area contributed by atoms with Crippen LogP contribution in [0.3, 0.4) is 0 Å². The summed E-state index contributed by atoms with van der Waals surface area (Å²) < 4.78 is 0. The monoisotopic (exact) mass is 302 g/mol. The topological polar surface area (TPSA) is 0 Å². The van der Waals surface area contributed by atoms with Gasteiger partial charge in [-0.2, -0.15) is 0 Å². The van der Waals surface area contributed by atoms with Crippen LogP contribution in [0.15, 0.2) is 0 Å². The van der Waals surface area contributed by atoms with Crippen LogP contribution < -0.4 is 0 Å². The molecular formula is C22H38. The van der Waals surface area contributed by atoms with E-state index in [4.69, 9.17) is 0 Å². The molecule has 4 aliphatic rings. The summed E-state index contributed by atoms with van der Waals surface area (Å²) in [4.78, 5) is 0. The van der Waals surface area contributed by atoms with E-state index >= 15 is 0 Å². The normalized spacial score (nSPS) is 54.4. The molecule has 4 rings (SSSR count). The van der Waals surface area contributed by atoms with E-state index in [1.807, 2.05) is 0 Å². The molecule has 22 heavy (non-hydrogen) atoms. The van der Waals surface area contributed by atoms with Crippen molar-refractivity contribution >= 4 is 0 Å². The zero-order valence-electron chi connectivity index (χ0n) is 15.4. The van der Waals surface area contributed by atoms with Crippen LogP contribution in [0.25, 0.3) is 0 Å². The molecule has 0 heteroatoms. The maximum Gasteiger partial charge on any atom is -0.0266 e. The predicted molar refractivity (Wildman–Crippen MR) is 94.7 cm³/mol. The molecule has 7 atom stereocenters. The number of hydrogen-bond acceptors (Lipinski definition) is 0. The lowest BCUT2D eigenvalue weighted by atomic mass is 9.45. The Bertz CT molecular complexity index is 412. The smallest absolute Gasteiger partial charge is 0.0266 e. The Morgan fingerprint density at radius 1 is 0.909 bits per heavy atom. The second-order valence-electron chi connectivity index (χ2n) is 10.2. The molecule has 0 nitrogen and oxygen atoms in total. The van der Waals surface area contributed by atoms with Crippen LogP contribution in [0.1, 0.15) is 97.8 Å². The molecule has 0 radical (unpaired) electrons.